The second-order valence-corrected chi connectivity index (χ2v) is 5.90. The van der Waals surface area contributed by atoms with Gasteiger partial charge in [0.2, 0.25) is 11.8 Å². The fourth-order valence-electron chi connectivity index (χ4n) is 2.95. The van der Waals surface area contributed by atoms with Crippen LogP contribution in [0.1, 0.15) is 13.8 Å². The van der Waals surface area contributed by atoms with Gasteiger partial charge in [0.15, 0.2) is 0 Å². The third-order valence-electron chi connectivity index (χ3n) is 4.00. The smallest absolute Gasteiger partial charge is 0.228 e. The molecular formula is C22H20N2O2. The average Bonchev–Trinajstić information content (AvgIpc) is 2.64. The molecule has 0 heterocycles. The first kappa shape index (κ1) is 17.4. The molecule has 0 saturated heterocycles. The van der Waals surface area contributed by atoms with Crippen LogP contribution in [0.15, 0.2) is 84.9 Å². The third-order valence-corrected chi connectivity index (χ3v) is 4.00. The first-order valence-corrected chi connectivity index (χ1v) is 8.39. The Bertz CT molecular complexity index is 835. The average molecular weight is 344 g/mol. The first-order chi connectivity index (χ1) is 12.6. The second kappa shape index (κ2) is 7.66. The van der Waals surface area contributed by atoms with E-state index < -0.39 is 0 Å². The number of anilines is 4. The molecule has 0 aromatic heterocycles. The van der Waals surface area contributed by atoms with Crippen molar-refractivity contribution in [3.63, 3.8) is 0 Å². The van der Waals surface area contributed by atoms with Gasteiger partial charge in [-0.1, -0.05) is 42.5 Å². The van der Waals surface area contributed by atoms with Crippen LogP contribution in [-0.2, 0) is 9.59 Å². The quantitative estimate of drug-likeness (QED) is 0.664. The number of nitrogens with zero attached hydrogens (tertiary/aromatic N) is 2. The van der Waals surface area contributed by atoms with Gasteiger partial charge in [0.25, 0.3) is 0 Å². The van der Waals surface area contributed by atoms with E-state index in [0.717, 1.165) is 11.4 Å². The molecule has 0 N–H and O–H groups in total. The minimum Gasteiger partial charge on any atom is -0.281 e. The summed E-state index contributed by atoms with van der Waals surface area (Å²) in [6, 6.07) is 26.3. The summed E-state index contributed by atoms with van der Waals surface area (Å²) < 4.78 is 0. The number of benzene rings is 3. The fourth-order valence-corrected chi connectivity index (χ4v) is 2.95. The van der Waals surface area contributed by atoms with Crippen molar-refractivity contribution in [3.05, 3.63) is 84.9 Å². The van der Waals surface area contributed by atoms with Gasteiger partial charge < -0.3 is 0 Å². The highest BCUT2D eigenvalue weighted by Gasteiger charge is 2.18. The number of hydrogen-bond donors (Lipinski definition) is 0. The molecule has 4 nitrogen and oxygen atoms in total. The first-order valence-electron chi connectivity index (χ1n) is 8.39. The zero-order chi connectivity index (χ0) is 18.5. The van der Waals surface area contributed by atoms with Gasteiger partial charge in [-0.05, 0) is 42.5 Å². The molecule has 0 fully saturated rings. The normalized spacial score (nSPS) is 10.2. The van der Waals surface area contributed by atoms with Crippen molar-refractivity contribution in [1.82, 2.24) is 0 Å². The van der Waals surface area contributed by atoms with Gasteiger partial charge in [-0.15, -0.1) is 0 Å². The Morgan fingerprint density at radius 2 is 0.885 bits per heavy atom. The minimum absolute atomic E-state index is 0.0950. The largest absolute Gasteiger partial charge is 0.281 e. The Balaban J connectivity index is 2.06. The van der Waals surface area contributed by atoms with E-state index in [9.17, 15) is 9.59 Å². The SMILES string of the molecule is CC(=O)N(c1ccccc1)c1cccc(N(C(C)=O)c2ccccc2)c1. The van der Waals surface area contributed by atoms with E-state index in [1.807, 2.05) is 84.9 Å². The van der Waals surface area contributed by atoms with Gasteiger partial charge in [0, 0.05) is 25.2 Å². The molecule has 130 valence electrons. The van der Waals surface area contributed by atoms with Crippen LogP contribution in [0.5, 0.6) is 0 Å². The highest BCUT2D eigenvalue weighted by atomic mass is 16.2. The summed E-state index contributed by atoms with van der Waals surface area (Å²) in [5.74, 6) is -0.190. The second-order valence-electron chi connectivity index (χ2n) is 5.90. The van der Waals surface area contributed by atoms with Gasteiger partial charge in [-0.25, -0.2) is 0 Å². The van der Waals surface area contributed by atoms with E-state index in [0.29, 0.717) is 11.4 Å². The Morgan fingerprint density at radius 3 is 1.23 bits per heavy atom. The highest BCUT2D eigenvalue weighted by molar-refractivity contribution is 6.02. The van der Waals surface area contributed by atoms with Gasteiger partial charge in [-0.3, -0.25) is 19.4 Å². The number of carbonyl (C=O) groups is 2. The molecule has 0 unspecified atom stereocenters. The Morgan fingerprint density at radius 1 is 0.538 bits per heavy atom. The number of carbonyl (C=O) groups excluding carboxylic acids is 2. The van der Waals surface area contributed by atoms with Crippen LogP contribution in [-0.4, -0.2) is 11.8 Å². The maximum absolute atomic E-state index is 12.3. The Hall–Kier alpha value is -3.40. The lowest BCUT2D eigenvalue weighted by Crippen LogP contribution is -2.25. The molecule has 0 aliphatic rings. The Labute approximate surface area is 153 Å². The number of para-hydroxylation sites is 2. The maximum Gasteiger partial charge on any atom is 0.228 e. The lowest BCUT2D eigenvalue weighted by Gasteiger charge is -2.25. The summed E-state index contributed by atoms with van der Waals surface area (Å²) in [6.07, 6.45) is 0. The highest BCUT2D eigenvalue weighted by Crippen LogP contribution is 2.32. The van der Waals surface area contributed by atoms with Crippen molar-refractivity contribution < 1.29 is 9.59 Å². The van der Waals surface area contributed by atoms with E-state index >= 15 is 0 Å². The molecule has 3 aromatic carbocycles. The maximum atomic E-state index is 12.3. The van der Waals surface area contributed by atoms with E-state index in [1.54, 1.807) is 9.80 Å². The molecule has 0 spiro atoms. The summed E-state index contributed by atoms with van der Waals surface area (Å²) in [7, 11) is 0. The van der Waals surface area contributed by atoms with Crippen molar-refractivity contribution in [2.24, 2.45) is 0 Å². The predicted octanol–water partition coefficient (Wildman–Crippen LogP) is 5.06. The van der Waals surface area contributed by atoms with Crippen LogP contribution in [0.4, 0.5) is 22.7 Å². The molecule has 0 aliphatic carbocycles. The molecule has 3 rings (SSSR count). The Kier molecular flexibility index (Phi) is 5.13. The fraction of sp³-hybridized carbons (Fsp3) is 0.0909. The molecule has 0 atom stereocenters. The monoisotopic (exact) mass is 344 g/mol. The van der Waals surface area contributed by atoms with Gasteiger partial charge in [0.05, 0.1) is 11.4 Å². The zero-order valence-electron chi connectivity index (χ0n) is 14.8. The summed E-state index contributed by atoms with van der Waals surface area (Å²) in [6.45, 7) is 3.05. The predicted molar refractivity (Wildman–Crippen MR) is 105 cm³/mol. The van der Waals surface area contributed by atoms with Crippen molar-refractivity contribution in [2.75, 3.05) is 9.80 Å². The van der Waals surface area contributed by atoms with Crippen LogP contribution in [0.2, 0.25) is 0 Å². The lowest BCUT2D eigenvalue weighted by molar-refractivity contribution is -0.116. The molecule has 0 saturated carbocycles. The molecule has 0 aliphatic heterocycles. The standard InChI is InChI=1S/C22H20N2O2/c1-17(25)23(19-10-5-3-6-11-19)21-14-9-15-22(16-21)24(18(2)26)20-12-7-4-8-13-20/h3-16H,1-2H3. The minimum atomic E-state index is -0.0950. The summed E-state index contributed by atoms with van der Waals surface area (Å²) in [4.78, 5) is 27.8. The molecule has 3 aromatic rings. The summed E-state index contributed by atoms with van der Waals surface area (Å²) >= 11 is 0. The van der Waals surface area contributed by atoms with Crippen molar-refractivity contribution >= 4 is 34.6 Å². The van der Waals surface area contributed by atoms with Gasteiger partial charge >= 0.3 is 0 Å². The van der Waals surface area contributed by atoms with Crippen LogP contribution in [0, 0.1) is 0 Å². The van der Waals surface area contributed by atoms with Crippen molar-refractivity contribution in [1.29, 1.82) is 0 Å². The molecule has 4 heteroatoms. The lowest BCUT2D eigenvalue weighted by atomic mass is 10.2. The van der Waals surface area contributed by atoms with E-state index in [1.165, 1.54) is 13.8 Å². The van der Waals surface area contributed by atoms with E-state index in [2.05, 4.69) is 0 Å². The molecule has 2 amide bonds. The number of rotatable bonds is 4. The topological polar surface area (TPSA) is 40.6 Å². The van der Waals surface area contributed by atoms with Crippen molar-refractivity contribution in [3.8, 4) is 0 Å². The number of amides is 2. The van der Waals surface area contributed by atoms with Gasteiger partial charge in [-0.2, -0.15) is 0 Å². The number of hydrogen-bond acceptors (Lipinski definition) is 2. The van der Waals surface area contributed by atoms with Crippen LogP contribution in [0.3, 0.4) is 0 Å². The zero-order valence-corrected chi connectivity index (χ0v) is 14.8. The van der Waals surface area contributed by atoms with Gasteiger partial charge in [0.1, 0.15) is 0 Å². The van der Waals surface area contributed by atoms with Crippen LogP contribution < -0.4 is 9.80 Å². The molecule has 26 heavy (non-hydrogen) atoms. The van der Waals surface area contributed by atoms with E-state index in [4.69, 9.17) is 0 Å². The van der Waals surface area contributed by atoms with E-state index in [-0.39, 0.29) is 11.8 Å². The molecule has 0 bridgehead atoms. The third kappa shape index (κ3) is 3.64. The van der Waals surface area contributed by atoms with Crippen molar-refractivity contribution in [2.45, 2.75) is 13.8 Å². The van der Waals surface area contributed by atoms with Crippen LogP contribution in [0.25, 0.3) is 0 Å². The molecular weight excluding hydrogens is 324 g/mol. The summed E-state index contributed by atoms with van der Waals surface area (Å²) in [5, 5.41) is 0. The van der Waals surface area contributed by atoms with Crippen LogP contribution >= 0.6 is 0 Å². The molecule has 0 radical (unpaired) electrons. The summed E-state index contributed by atoms with van der Waals surface area (Å²) in [5.41, 5.74) is 2.99.